The highest BCUT2D eigenvalue weighted by atomic mass is 32.2. The summed E-state index contributed by atoms with van der Waals surface area (Å²) in [4.78, 5) is 13.6. The number of nitrogens with one attached hydrogen (secondary N) is 2. The molecule has 1 aliphatic carbocycles. The molecule has 1 fully saturated rings. The molecule has 1 saturated carbocycles. The number of aromatic nitrogens is 1. The minimum absolute atomic E-state index is 0.0409. The Bertz CT molecular complexity index is 838. The normalized spacial score (nSPS) is 22.3. The van der Waals surface area contributed by atoms with E-state index in [-0.39, 0.29) is 16.3 Å². The number of aliphatic carboxylic acids is 1. The smallest absolute Gasteiger partial charge is 0.306 e. The van der Waals surface area contributed by atoms with Gasteiger partial charge in [-0.3, -0.25) is 4.79 Å². The lowest BCUT2D eigenvalue weighted by Gasteiger charge is -2.26. The van der Waals surface area contributed by atoms with Crippen molar-refractivity contribution < 1.29 is 22.7 Å². The van der Waals surface area contributed by atoms with Gasteiger partial charge < -0.3 is 10.1 Å². The SMILES string of the molecule is O=C(O)C1CCC(NS(=O)(=O)c2c[nH]c3cccc(F)c23)CC1. The van der Waals surface area contributed by atoms with Crippen molar-refractivity contribution in [2.24, 2.45) is 5.92 Å². The first-order valence-electron chi connectivity index (χ1n) is 7.39. The first-order chi connectivity index (χ1) is 10.9. The quantitative estimate of drug-likeness (QED) is 0.795. The molecule has 0 amide bonds. The first-order valence-corrected chi connectivity index (χ1v) is 8.87. The second-order valence-electron chi connectivity index (χ2n) is 5.82. The van der Waals surface area contributed by atoms with Gasteiger partial charge in [0.2, 0.25) is 10.0 Å². The number of fused-ring (bicyclic) bond motifs is 1. The molecule has 6 nitrogen and oxygen atoms in total. The molecule has 0 spiro atoms. The topological polar surface area (TPSA) is 99.3 Å². The number of hydrogen-bond donors (Lipinski definition) is 3. The van der Waals surface area contributed by atoms with Crippen LogP contribution in [0.25, 0.3) is 10.9 Å². The van der Waals surface area contributed by atoms with E-state index in [0.717, 1.165) is 0 Å². The Morgan fingerprint density at radius 1 is 1.26 bits per heavy atom. The molecule has 1 heterocycles. The van der Waals surface area contributed by atoms with Gasteiger partial charge in [0.1, 0.15) is 10.7 Å². The van der Waals surface area contributed by atoms with Crippen LogP contribution in [0.4, 0.5) is 4.39 Å². The molecule has 1 aromatic heterocycles. The van der Waals surface area contributed by atoms with Crippen LogP contribution in [-0.2, 0) is 14.8 Å². The summed E-state index contributed by atoms with van der Waals surface area (Å²) in [5.74, 6) is -1.86. The molecule has 1 aliphatic rings. The zero-order valence-corrected chi connectivity index (χ0v) is 13.1. The lowest BCUT2D eigenvalue weighted by molar-refractivity contribution is -0.142. The summed E-state index contributed by atoms with van der Waals surface area (Å²) in [6.07, 6.45) is 3.07. The molecule has 3 N–H and O–H groups in total. The summed E-state index contributed by atoms with van der Waals surface area (Å²) in [5.41, 5.74) is 0.417. The third-order valence-corrected chi connectivity index (χ3v) is 5.85. The van der Waals surface area contributed by atoms with Crippen molar-refractivity contribution in [2.45, 2.75) is 36.6 Å². The Labute approximate surface area is 132 Å². The fraction of sp³-hybridized carbons (Fsp3) is 0.400. The average Bonchev–Trinajstić information content (AvgIpc) is 2.94. The summed E-state index contributed by atoms with van der Waals surface area (Å²) in [6, 6.07) is 4.00. The molecule has 0 saturated heterocycles. The third kappa shape index (κ3) is 3.09. The number of aromatic amines is 1. The van der Waals surface area contributed by atoms with E-state index in [1.165, 1.54) is 18.3 Å². The van der Waals surface area contributed by atoms with Crippen molar-refractivity contribution in [2.75, 3.05) is 0 Å². The van der Waals surface area contributed by atoms with Crippen LogP contribution in [-0.4, -0.2) is 30.5 Å². The van der Waals surface area contributed by atoms with E-state index in [2.05, 4.69) is 9.71 Å². The van der Waals surface area contributed by atoms with Gasteiger partial charge in [-0.25, -0.2) is 17.5 Å². The standard InChI is InChI=1S/C15H17FN2O4S/c16-11-2-1-3-12-14(11)13(8-17-12)23(21,22)18-10-6-4-9(5-7-10)15(19)20/h1-3,8-10,17-18H,4-7H2,(H,19,20). The van der Waals surface area contributed by atoms with Crippen LogP contribution in [0, 0.1) is 11.7 Å². The van der Waals surface area contributed by atoms with E-state index in [4.69, 9.17) is 5.11 Å². The van der Waals surface area contributed by atoms with Crippen molar-refractivity contribution in [1.29, 1.82) is 0 Å². The number of carbonyl (C=O) groups is 1. The number of sulfonamides is 1. The van der Waals surface area contributed by atoms with E-state index < -0.39 is 27.7 Å². The molecule has 1 aromatic carbocycles. The predicted molar refractivity (Wildman–Crippen MR) is 82.0 cm³/mol. The maximum atomic E-state index is 14.0. The molecular formula is C15H17FN2O4S. The molecule has 124 valence electrons. The van der Waals surface area contributed by atoms with Crippen LogP contribution >= 0.6 is 0 Å². The van der Waals surface area contributed by atoms with Gasteiger partial charge in [-0.05, 0) is 37.8 Å². The molecule has 0 aliphatic heterocycles. The van der Waals surface area contributed by atoms with E-state index >= 15 is 0 Å². The van der Waals surface area contributed by atoms with Crippen LogP contribution in [0.3, 0.4) is 0 Å². The minimum Gasteiger partial charge on any atom is -0.481 e. The van der Waals surface area contributed by atoms with Gasteiger partial charge in [-0.15, -0.1) is 0 Å². The highest BCUT2D eigenvalue weighted by Gasteiger charge is 2.30. The second kappa shape index (κ2) is 5.93. The van der Waals surface area contributed by atoms with Gasteiger partial charge >= 0.3 is 5.97 Å². The zero-order valence-electron chi connectivity index (χ0n) is 12.3. The summed E-state index contributed by atoms with van der Waals surface area (Å²) < 4.78 is 41.6. The number of carboxylic acids is 1. The lowest BCUT2D eigenvalue weighted by Crippen LogP contribution is -2.38. The fourth-order valence-electron chi connectivity index (χ4n) is 3.06. The first kappa shape index (κ1) is 15.9. The minimum atomic E-state index is -3.87. The van der Waals surface area contributed by atoms with Crippen molar-refractivity contribution in [3.8, 4) is 0 Å². The monoisotopic (exact) mass is 340 g/mol. The zero-order chi connectivity index (χ0) is 16.6. The number of carboxylic acid groups (broad SMARTS) is 1. The third-order valence-electron chi connectivity index (χ3n) is 4.31. The van der Waals surface area contributed by atoms with Crippen molar-refractivity contribution >= 4 is 26.9 Å². The van der Waals surface area contributed by atoms with Gasteiger partial charge in [0.15, 0.2) is 0 Å². The number of halogens is 1. The Kier molecular flexibility index (Phi) is 4.11. The van der Waals surface area contributed by atoms with Crippen LogP contribution in [0.1, 0.15) is 25.7 Å². The number of H-pyrrole nitrogens is 1. The summed E-state index contributed by atoms with van der Waals surface area (Å²) in [6.45, 7) is 0. The van der Waals surface area contributed by atoms with Crippen molar-refractivity contribution in [3.05, 3.63) is 30.2 Å². The van der Waals surface area contributed by atoms with E-state index in [0.29, 0.717) is 31.2 Å². The Hall–Kier alpha value is -1.93. The van der Waals surface area contributed by atoms with Gasteiger partial charge in [0.25, 0.3) is 0 Å². The van der Waals surface area contributed by atoms with Gasteiger partial charge in [0.05, 0.1) is 11.3 Å². The summed E-state index contributed by atoms with van der Waals surface area (Å²) in [7, 11) is -3.87. The second-order valence-corrected chi connectivity index (χ2v) is 7.51. The van der Waals surface area contributed by atoms with E-state index in [1.54, 1.807) is 6.07 Å². The lowest BCUT2D eigenvalue weighted by atomic mass is 9.87. The molecule has 0 unspecified atom stereocenters. The molecule has 23 heavy (non-hydrogen) atoms. The van der Waals surface area contributed by atoms with Crippen LogP contribution in [0.15, 0.2) is 29.3 Å². The molecule has 0 radical (unpaired) electrons. The highest BCUT2D eigenvalue weighted by molar-refractivity contribution is 7.89. The molecule has 0 bridgehead atoms. The maximum absolute atomic E-state index is 14.0. The van der Waals surface area contributed by atoms with Gasteiger partial charge in [-0.2, -0.15) is 0 Å². The number of hydrogen-bond acceptors (Lipinski definition) is 3. The van der Waals surface area contributed by atoms with Crippen LogP contribution in [0.5, 0.6) is 0 Å². The van der Waals surface area contributed by atoms with Gasteiger partial charge in [-0.1, -0.05) is 6.07 Å². The Morgan fingerprint density at radius 3 is 2.61 bits per heavy atom. The molecule has 2 aromatic rings. The highest BCUT2D eigenvalue weighted by Crippen LogP contribution is 2.28. The summed E-state index contributed by atoms with van der Waals surface area (Å²) >= 11 is 0. The average molecular weight is 340 g/mol. The van der Waals surface area contributed by atoms with Crippen molar-refractivity contribution in [1.82, 2.24) is 9.71 Å². The molecule has 0 atom stereocenters. The largest absolute Gasteiger partial charge is 0.481 e. The van der Waals surface area contributed by atoms with Crippen molar-refractivity contribution in [3.63, 3.8) is 0 Å². The Balaban J connectivity index is 1.81. The summed E-state index contributed by atoms with van der Waals surface area (Å²) in [5, 5.41) is 9.01. The maximum Gasteiger partial charge on any atom is 0.306 e. The molecule has 3 rings (SSSR count). The van der Waals surface area contributed by atoms with Crippen LogP contribution < -0.4 is 4.72 Å². The number of rotatable bonds is 4. The van der Waals surface area contributed by atoms with E-state index in [1.807, 2.05) is 0 Å². The van der Waals surface area contributed by atoms with E-state index in [9.17, 15) is 17.6 Å². The molecule has 8 heteroatoms. The Morgan fingerprint density at radius 2 is 1.96 bits per heavy atom. The predicted octanol–water partition coefficient (Wildman–Crippen LogP) is 2.23. The number of benzene rings is 1. The molecular weight excluding hydrogens is 323 g/mol. The van der Waals surface area contributed by atoms with Gasteiger partial charge in [0, 0.05) is 17.8 Å². The van der Waals surface area contributed by atoms with Crippen LogP contribution in [0.2, 0.25) is 0 Å². The fourth-order valence-corrected chi connectivity index (χ4v) is 4.56.